The van der Waals surface area contributed by atoms with E-state index < -0.39 is 0 Å². The van der Waals surface area contributed by atoms with Gasteiger partial charge in [0.25, 0.3) is 0 Å². The molecule has 24 heavy (non-hydrogen) atoms. The van der Waals surface area contributed by atoms with Gasteiger partial charge in [0, 0.05) is 28.2 Å². The highest BCUT2D eigenvalue weighted by molar-refractivity contribution is 6.30. The summed E-state index contributed by atoms with van der Waals surface area (Å²) in [6.07, 6.45) is 1.76. The van der Waals surface area contributed by atoms with Gasteiger partial charge in [0.1, 0.15) is 5.82 Å². The molecular weight excluding hydrogens is 322 g/mol. The molecule has 0 saturated carbocycles. The van der Waals surface area contributed by atoms with E-state index in [2.05, 4.69) is 15.0 Å². The summed E-state index contributed by atoms with van der Waals surface area (Å²) < 4.78 is 0. The van der Waals surface area contributed by atoms with Crippen molar-refractivity contribution in [1.82, 2.24) is 15.0 Å². The van der Waals surface area contributed by atoms with Gasteiger partial charge in [-0.2, -0.15) is 4.98 Å². The summed E-state index contributed by atoms with van der Waals surface area (Å²) in [5, 5.41) is 0.648. The van der Waals surface area contributed by atoms with Gasteiger partial charge in [-0.05, 0) is 44.2 Å². The molecule has 0 atom stereocenters. The van der Waals surface area contributed by atoms with E-state index in [0.29, 0.717) is 23.3 Å². The van der Waals surface area contributed by atoms with Crippen LogP contribution in [0.15, 0.2) is 48.7 Å². The molecule has 3 rings (SSSR count). The average molecular weight is 340 g/mol. The molecular formula is C18H18ClN5. The number of rotatable bonds is 4. The third kappa shape index (κ3) is 3.46. The molecule has 5 nitrogen and oxygen atoms in total. The summed E-state index contributed by atoms with van der Waals surface area (Å²) in [5.41, 5.74) is 9.57. The Kier molecular flexibility index (Phi) is 4.62. The van der Waals surface area contributed by atoms with Gasteiger partial charge in [-0.25, -0.2) is 4.98 Å². The lowest BCUT2D eigenvalue weighted by molar-refractivity contribution is 0.872. The number of aryl methyl sites for hydroxylation is 1. The number of hydrogen-bond acceptors (Lipinski definition) is 5. The number of nitrogen functional groups attached to an aromatic ring is 1. The van der Waals surface area contributed by atoms with Crippen molar-refractivity contribution < 1.29 is 0 Å². The normalized spacial score (nSPS) is 10.6. The number of hydrogen-bond donors (Lipinski definition) is 1. The first kappa shape index (κ1) is 16.2. The number of pyridine rings is 1. The van der Waals surface area contributed by atoms with Crippen LogP contribution in [0, 0.1) is 13.8 Å². The summed E-state index contributed by atoms with van der Waals surface area (Å²) in [4.78, 5) is 15.4. The first-order valence-electron chi connectivity index (χ1n) is 7.58. The number of benzene rings is 1. The second-order valence-corrected chi connectivity index (χ2v) is 5.94. The van der Waals surface area contributed by atoms with Gasteiger partial charge in [0.05, 0.1) is 12.2 Å². The fraction of sp³-hybridized carbons (Fsp3) is 0.167. The maximum atomic E-state index is 6.16. The molecule has 2 heterocycles. The van der Waals surface area contributed by atoms with Crippen molar-refractivity contribution in [2.24, 2.45) is 0 Å². The lowest BCUT2D eigenvalue weighted by Crippen LogP contribution is -2.21. The Morgan fingerprint density at radius 3 is 2.58 bits per heavy atom. The molecule has 122 valence electrons. The number of halogens is 1. The van der Waals surface area contributed by atoms with Crippen LogP contribution >= 0.6 is 11.6 Å². The Morgan fingerprint density at radius 2 is 1.92 bits per heavy atom. The zero-order valence-electron chi connectivity index (χ0n) is 13.6. The molecule has 0 unspecified atom stereocenters. The molecule has 0 saturated heterocycles. The first-order chi connectivity index (χ1) is 11.5. The number of nitrogens with two attached hydrogens (primary N) is 1. The Hall–Kier alpha value is -2.66. The maximum absolute atomic E-state index is 6.16. The van der Waals surface area contributed by atoms with E-state index >= 15 is 0 Å². The van der Waals surface area contributed by atoms with E-state index in [4.69, 9.17) is 17.3 Å². The van der Waals surface area contributed by atoms with Gasteiger partial charge in [-0.3, -0.25) is 4.98 Å². The molecule has 0 aliphatic carbocycles. The van der Waals surface area contributed by atoms with Crippen LogP contribution in [0.2, 0.25) is 5.02 Å². The van der Waals surface area contributed by atoms with Crippen molar-refractivity contribution in [3.63, 3.8) is 0 Å². The highest BCUT2D eigenvalue weighted by Crippen LogP contribution is 2.28. The molecule has 0 amide bonds. The summed E-state index contributed by atoms with van der Waals surface area (Å²) in [6.45, 7) is 4.35. The van der Waals surface area contributed by atoms with E-state index in [1.807, 2.05) is 61.2 Å². The first-order valence-corrected chi connectivity index (χ1v) is 7.96. The lowest BCUT2D eigenvalue weighted by Gasteiger charge is -2.23. The molecule has 2 aromatic heterocycles. The van der Waals surface area contributed by atoms with Gasteiger partial charge < -0.3 is 10.6 Å². The van der Waals surface area contributed by atoms with E-state index in [1.54, 1.807) is 6.20 Å². The highest BCUT2D eigenvalue weighted by atomic mass is 35.5. The SMILES string of the molecule is Cc1nc(N(Cc2ccccn2)c2cccc(Cl)c2)nc(N)c1C. The van der Waals surface area contributed by atoms with Gasteiger partial charge in [0.15, 0.2) is 0 Å². The molecule has 1 aromatic carbocycles. The van der Waals surface area contributed by atoms with Gasteiger partial charge in [-0.1, -0.05) is 23.7 Å². The molecule has 0 bridgehead atoms. The maximum Gasteiger partial charge on any atom is 0.232 e. The van der Waals surface area contributed by atoms with Crippen LogP contribution in [-0.2, 0) is 6.54 Å². The number of anilines is 3. The molecule has 0 aliphatic heterocycles. The fourth-order valence-corrected chi connectivity index (χ4v) is 2.52. The second kappa shape index (κ2) is 6.84. The minimum absolute atomic E-state index is 0.477. The minimum Gasteiger partial charge on any atom is -0.383 e. The monoisotopic (exact) mass is 339 g/mol. The molecule has 0 aliphatic rings. The van der Waals surface area contributed by atoms with Crippen molar-refractivity contribution in [3.8, 4) is 0 Å². The molecule has 0 fully saturated rings. The summed E-state index contributed by atoms with van der Waals surface area (Å²) >= 11 is 6.16. The van der Waals surface area contributed by atoms with E-state index in [0.717, 1.165) is 22.6 Å². The molecule has 0 spiro atoms. The van der Waals surface area contributed by atoms with Crippen LogP contribution in [-0.4, -0.2) is 15.0 Å². The smallest absolute Gasteiger partial charge is 0.232 e. The molecule has 2 N–H and O–H groups in total. The van der Waals surface area contributed by atoms with Crippen LogP contribution in [0.25, 0.3) is 0 Å². The topological polar surface area (TPSA) is 67.9 Å². The molecule has 0 radical (unpaired) electrons. The highest BCUT2D eigenvalue weighted by Gasteiger charge is 2.16. The van der Waals surface area contributed by atoms with Gasteiger partial charge >= 0.3 is 0 Å². The van der Waals surface area contributed by atoms with Crippen LogP contribution in [0.5, 0.6) is 0 Å². The second-order valence-electron chi connectivity index (χ2n) is 5.51. The summed E-state index contributed by atoms with van der Waals surface area (Å²) in [5.74, 6) is 1.01. The Bertz CT molecular complexity index is 828. The van der Waals surface area contributed by atoms with Crippen molar-refractivity contribution in [2.45, 2.75) is 20.4 Å². The largest absolute Gasteiger partial charge is 0.383 e. The average Bonchev–Trinajstić information content (AvgIpc) is 2.58. The Balaban J connectivity index is 2.08. The Labute approximate surface area is 146 Å². The predicted octanol–water partition coefficient (Wildman–Crippen LogP) is 4.06. The molecule has 6 heteroatoms. The van der Waals surface area contributed by atoms with E-state index in [1.165, 1.54) is 0 Å². The lowest BCUT2D eigenvalue weighted by atomic mass is 10.2. The quantitative estimate of drug-likeness (QED) is 0.776. The van der Waals surface area contributed by atoms with E-state index in [9.17, 15) is 0 Å². The number of nitrogens with zero attached hydrogens (tertiary/aromatic N) is 4. The minimum atomic E-state index is 0.477. The molecule has 3 aromatic rings. The van der Waals surface area contributed by atoms with Crippen molar-refractivity contribution in [2.75, 3.05) is 10.6 Å². The van der Waals surface area contributed by atoms with Gasteiger partial charge in [-0.15, -0.1) is 0 Å². The van der Waals surface area contributed by atoms with Crippen molar-refractivity contribution >= 4 is 29.1 Å². The summed E-state index contributed by atoms with van der Waals surface area (Å²) in [7, 11) is 0. The predicted molar refractivity (Wildman–Crippen MR) is 97.5 cm³/mol. The number of aromatic nitrogens is 3. The van der Waals surface area contributed by atoms with Crippen LogP contribution in [0.1, 0.15) is 17.0 Å². The third-order valence-electron chi connectivity index (χ3n) is 3.82. The third-order valence-corrected chi connectivity index (χ3v) is 4.06. The standard InChI is InChI=1S/C18H18ClN5/c1-12-13(2)22-18(23-17(12)20)24(11-15-7-3-4-9-21-15)16-8-5-6-14(19)10-16/h3-10H,11H2,1-2H3,(H2,20,22,23). The van der Waals surface area contributed by atoms with Crippen molar-refractivity contribution in [3.05, 3.63) is 70.6 Å². The van der Waals surface area contributed by atoms with Crippen LogP contribution < -0.4 is 10.6 Å². The van der Waals surface area contributed by atoms with E-state index in [-0.39, 0.29) is 0 Å². The van der Waals surface area contributed by atoms with Crippen molar-refractivity contribution in [1.29, 1.82) is 0 Å². The summed E-state index contributed by atoms with van der Waals surface area (Å²) in [6, 6.07) is 13.4. The fourth-order valence-electron chi connectivity index (χ4n) is 2.33. The van der Waals surface area contributed by atoms with Crippen LogP contribution in [0.4, 0.5) is 17.5 Å². The zero-order valence-corrected chi connectivity index (χ0v) is 14.3. The van der Waals surface area contributed by atoms with Gasteiger partial charge in [0.2, 0.25) is 5.95 Å². The van der Waals surface area contributed by atoms with Crippen LogP contribution in [0.3, 0.4) is 0 Å². The Morgan fingerprint density at radius 1 is 1.08 bits per heavy atom. The zero-order chi connectivity index (χ0) is 17.1.